The molecule has 0 spiro atoms. The highest BCUT2D eigenvalue weighted by atomic mass is 32.2. The highest BCUT2D eigenvalue weighted by Crippen LogP contribution is 2.21. The van der Waals surface area contributed by atoms with Crippen LogP contribution in [0.3, 0.4) is 0 Å². The average Bonchev–Trinajstić information content (AvgIpc) is 3.06. The molecule has 1 saturated heterocycles. The molecule has 1 aromatic heterocycles. The van der Waals surface area contributed by atoms with Crippen molar-refractivity contribution in [1.82, 2.24) is 18.3 Å². The van der Waals surface area contributed by atoms with Gasteiger partial charge in [0.1, 0.15) is 6.07 Å². The van der Waals surface area contributed by atoms with Crippen molar-refractivity contribution < 1.29 is 8.42 Å². The normalized spacial score (nSPS) is 15.9. The van der Waals surface area contributed by atoms with E-state index in [1.54, 1.807) is 21.3 Å². The SMILES string of the molecule is CCCn1c(=O)n(CN2CCN(S(=O)(=O)c3ccccc3C#N)CC2)c2ccccc21. The van der Waals surface area contributed by atoms with Crippen LogP contribution in [0, 0.1) is 11.3 Å². The van der Waals surface area contributed by atoms with Crippen molar-refractivity contribution in [2.24, 2.45) is 0 Å². The number of para-hydroxylation sites is 2. The molecule has 0 saturated carbocycles. The van der Waals surface area contributed by atoms with Crippen molar-refractivity contribution in [1.29, 1.82) is 5.26 Å². The van der Waals surface area contributed by atoms with Gasteiger partial charge in [-0.3, -0.25) is 14.0 Å². The van der Waals surface area contributed by atoms with E-state index >= 15 is 0 Å². The number of fused-ring (bicyclic) bond motifs is 1. The Morgan fingerprint density at radius 2 is 1.55 bits per heavy atom. The summed E-state index contributed by atoms with van der Waals surface area (Å²) in [6, 6.07) is 16.0. The Bertz CT molecular complexity index is 1290. The van der Waals surface area contributed by atoms with E-state index < -0.39 is 10.0 Å². The molecule has 3 aromatic rings. The van der Waals surface area contributed by atoms with E-state index in [2.05, 4.69) is 4.90 Å². The zero-order valence-electron chi connectivity index (χ0n) is 17.4. The van der Waals surface area contributed by atoms with Crippen molar-refractivity contribution in [3.05, 3.63) is 64.6 Å². The van der Waals surface area contributed by atoms with Gasteiger partial charge in [-0.25, -0.2) is 13.2 Å². The topological polar surface area (TPSA) is 91.3 Å². The Balaban J connectivity index is 1.53. The third-order valence-electron chi connectivity index (χ3n) is 5.67. The molecular weight excluding hydrogens is 414 g/mol. The maximum Gasteiger partial charge on any atom is 0.330 e. The Labute approximate surface area is 181 Å². The lowest BCUT2D eigenvalue weighted by Crippen LogP contribution is -2.49. The number of aryl methyl sites for hydroxylation is 1. The second-order valence-corrected chi connectivity index (χ2v) is 9.53. The molecule has 0 N–H and O–H groups in total. The third-order valence-corrected chi connectivity index (χ3v) is 7.63. The smallest absolute Gasteiger partial charge is 0.292 e. The molecule has 0 aliphatic carbocycles. The predicted octanol–water partition coefficient (Wildman–Crippen LogP) is 2.05. The minimum Gasteiger partial charge on any atom is -0.292 e. The van der Waals surface area contributed by atoms with Gasteiger partial charge in [0, 0.05) is 32.7 Å². The van der Waals surface area contributed by atoms with E-state index in [9.17, 15) is 18.5 Å². The molecule has 1 aliphatic rings. The summed E-state index contributed by atoms with van der Waals surface area (Å²) >= 11 is 0. The molecule has 1 aliphatic heterocycles. The molecular formula is C22H25N5O3S. The van der Waals surface area contributed by atoms with Gasteiger partial charge in [-0.1, -0.05) is 31.2 Å². The molecule has 162 valence electrons. The second-order valence-electron chi connectivity index (χ2n) is 7.62. The van der Waals surface area contributed by atoms with Gasteiger partial charge in [-0.15, -0.1) is 0 Å². The van der Waals surface area contributed by atoms with Gasteiger partial charge in [-0.05, 0) is 30.7 Å². The Morgan fingerprint density at radius 1 is 0.935 bits per heavy atom. The number of benzene rings is 2. The predicted molar refractivity (Wildman–Crippen MR) is 118 cm³/mol. The number of sulfonamides is 1. The first kappa shape index (κ1) is 21.3. The largest absolute Gasteiger partial charge is 0.330 e. The molecule has 8 nitrogen and oxygen atoms in total. The fraction of sp³-hybridized carbons (Fsp3) is 0.364. The second kappa shape index (κ2) is 8.67. The lowest BCUT2D eigenvalue weighted by molar-refractivity contribution is 0.152. The Morgan fingerprint density at radius 3 is 2.19 bits per heavy atom. The molecule has 2 aromatic carbocycles. The van der Waals surface area contributed by atoms with Crippen LogP contribution in [0.4, 0.5) is 0 Å². The lowest BCUT2D eigenvalue weighted by atomic mass is 10.2. The van der Waals surface area contributed by atoms with E-state index in [0.717, 1.165) is 17.5 Å². The van der Waals surface area contributed by atoms with E-state index in [0.29, 0.717) is 39.4 Å². The minimum absolute atomic E-state index is 0.0407. The fourth-order valence-electron chi connectivity index (χ4n) is 4.08. The number of hydrogen-bond acceptors (Lipinski definition) is 5. The van der Waals surface area contributed by atoms with Crippen LogP contribution in [0.2, 0.25) is 0 Å². The number of aromatic nitrogens is 2. The van der Waals surface area contributed by atoms with Crippen LogP contribution >= 0.6 is 0 Å². The van der Waals surface area contributed by atoms with Crippen molar-refractivity contribution in [2.75, 3.05) is 26.2 Å². The highest BCUT2D eigenvalue weighted by molar-refractivity contribution is 7.89. The van der Waals surface area contributed by atoms with E-state index in [4.69, 9.17) is 0 Å². The molecule has 4 rings (SSSR count). The first-order valence-corrected chi connectivity index (χ1v) is 11.8. The summed E-state index contributed by atoms with van der Waals surface area (Å²) in [5, 5.41) is 9.26. The molecule has 0 unspecified atom stereocenters. The van der Waals surface area contributed by atoms with Crippen LogP contribution in [-0.2, 0) is 23.2 Å². The average molecular weight is 440 g/mol. The van der Waals surface area contributed by atoms with E-state index in [1.807, 2.05) is 37.3 Å². The number of piperazine rings is 1. The van der Waals surface area contributed by atoms with Gasteiger partial charge in [0.25, 0.3) is 0 Å². The summed E-state index contributed by atoms with van der Waals surface area (Å²) in [7, 11) is -3.74. The molecule has 0 amide bonds. The van der Waals surface area contributed by atoms with Gasteiger partial charge < -0.3 is 0 Å². The van der Waals surface area contributed by atoms with E-state index in [-0.39, 0.29) is 16.1 Å². The fourth-order valence-corrected chi connectivity index (χ4v) is 5.65. The molecule has 9 heteroatoms. The first-order chi connectivity index (χ1) is 15.0. The van der Waals surface area contributed by atoms with Crippen molar-refractivity contribution in [2.45, 2.75) is 31.5 Å². The quantitative estimate of drug-likeness (QED) is 0.586. The van der Waals surface area contributed by atoms with Crippen LogP contribution in [0.1, 0.15) is 18.9 Å². The highest BCUT2D eigenvalue weighted by Gasteiger charge is 2.30. The van der Waals surface area contributed by atoms with Crippen LogP contribution in [0.25, 0.3) is 11.0 Å². The monoisotopic (exact) mass is 439 g/mol. The summed E-state index contributed by atoms with van der Waals surface area (Å²) in [5.74, 6) is 0. The summed E-state index contributed by atoms with van der Waals surface area (Å²) in [4.78, 5) is 15.1. The molecule has 2 heterocycles. The van der Waals surface area contributed by atoms with Gasteiger partial charge >= 0.3 is 5.69 Å². The van der Waals surface area contributed by atoms with Gasteiger partial charge in [0.2, 0.25) is 10.0 Å². The third kappa shape index (κ3) is 3.90. The van der Waals surface area contributed by atoms with Gasteiger partial charge in [0.05, 0.1) is 28.2 Å². The van der Waals surface area contributed by atoms with Gasteiger partial charge in [0.15, 0.2) is 0 Å². The van der Waals surface area contributed by atoms with Crippen LogP contribution in [0.5, 0.6) is 0 Å². The maximum absolute atomic E-state index is 13.0. The zero-order valence-corrected chi connectivity index (χ0v) is 18.3. The molecule has 0 atom stereocenters. The number of hydrogen-bond donors (Lipinski definition) is 0. The number of nitriles is 1. The van der Waals surface area contributed by atoms with Gasteiger partial charge in [-0.2, -0.15) is 9.57 Å². The van der Waals surface area contributed by atoms with Crippen LogP contribution < -0.4 is 5.69 Å². The van der Waals surface area contributed by atoms with E-state index in [1.165, 1.54) is 16.4 Å². The summed E-state index contributed by atoms with van der Waals surface area (Å²) in [5.41, 5.74) is 1.92. The number of nitrogens with zero attached hydrogens (tertiary/aromatic N) is 5. The standard InChI is InChI=1S/C22H25N5O3S/c1-2-11-26-19-8-4-5-9-20(19)27(22(26)28)17-24-12-14-25(15-13-24)31(29,30)21-10-6-3-7-18(21)16-23/h3-10H,2,11-15,17H2,1H3. The lowest BCUT2D eigenvalue weighted by Gasteiger charge is -2.34. The van der Waals surface area contributed by atoms with Crippen molar-refractivity contribution in [3.63, 3.8) is 0 Å². The number of rotatable bonds is 6. The Kier molecular flexibility index (Phi) is 5.96. The minimum atomic E-state index is -3.74. The van der Waals surface area contributed by atoms with Crippen LogP contribution in [0.15, 0.2) is 58.2 Å². The first-order valence-electron chi connectivity index (χ1n) is 10.4. The van der Waals surface area contributed by atoms with Crippen molar-refractivity contribution in [3.8, 4) is 6.07 Å². The Hall–Kier alpha value is -2.93. The van der Waals surface area contributed by atoms with Crippen LogP contribution in [-0.4, -0.2) is 52.9 Å². The summed E-state index contributed by atoms with van der Waals surface area (Å²) < 4.78 is 31.1. The maximum atomic E-state index is 13.0. The molecule has 0 bridgehead atoms. The molecule has 1 fully saturated rings. The summed E-state index contributed by atoms with van der Waals surface area (Å²) in [6.45, 7) is 4.76. The summed E-state index contributed by atoms with van der Waals surface area (Å²) in [6.07, 6.45) is 0.870. The molecule has 0 radical (unpaired) electrons. The zero-order chi connectivity index (χ0) is 22.0. The molecule has 31 heavy (non-hydrogen) atoms. The number of imidazole rings is 1. The van der Waals surface area contributed by atoms with Crippen molar-refractivity contribution >= 4 is 21.1 Å².